The average molecular weight is 388 g/mol. The Hall–Kier alpha value is -2.15. The second-order valence-electron chi connectivity index (χ2n) is 6.26. The third-order valence-corrected chi connectivity index (χ3v) is 6.81. The molecule has 134 valence electrons. The zero-order chi connectivity index (χ0) is 18.3. The van der Waals surface area contributed by atoms with Crippen LogP contribution in [-0.4, -0.2) is 24.4 Å². The lowest BCUT2D eigenvalue weighted by atomic mass is 10.1. The molecular weight excluding hydrogens is 370 g/mol. The fraction of sp³-hybridized carbons (Fsp3) is 0.211. The number of rotatable bonds is 4. The molecule has 1 unspecified atom stereocenters. The summed E-state index contributed by atoms with van der Waals surface area (Å²) in [5.41, 5.74) is 3.41. The summed E-state index contributed by atoms with van der Waals surface area (Å²) in [5.74, 6) is 0. The average Bonchev–Trinajstić information content (AvgIpc) is 3.22. The number of nitrogens with one attached hydrogen (secondary N) is 1. The maximum atomic E-state index is 13.3. The van der Waals surface area contributed by atoms with Crippen LogP contribution in [0.5, 0.6) is 0 Å². The van der Waals surface area contributed by atoms with Gasteiger partial charge in [-0.3, -0.25) is 4.98 Å². The van der Waals surface area contributed by atoms with Crippen molar-refractivity contribution in [3.8, 4) is 11.3 Å². The van der Waals surface area contributed by atoms with Crippen LogP contribution in [0.15, 0.2) is 59.9 Å². The molecule has 1 aliphatic carbocycles. The molecule has 0 saturated heterocycles. The van der Waals surface area contributed by atoms with Gasteiger partial charge in [-0.2, -0.15) is 0 Å². The number of fused-ring (bicyclic) bond motifs is 1. The van der Waals surface area contributed by atoms with Gasteiger partial charge in [-0.1, -0.05) is 29.8 Å². The molecule has 0 amide bonds. The molecule has 1 N–H and O–H groups in total. The Morgan fingerprint density at radius 3 is 2.73 bits per heavy atom. The number of aromatic nitrogens is 2. The van der Waals surface area contributed by atoms with Gasteiger partial charge in [-0.05, 0) is 49.2 Å². The molecule has 0 saturated carbocycles. The largest absolute Gasteiger partial charge is 0.313 e. The van der Waals surface area contributed by atoms with Crippen molar-refractivity contribution in [2.75, 3.05) is 7.05 Å². The SMILES string of the molecule is CNC1CCc2c1cn(S(=O)(=O)c1cccnc1)c2-c1ccccc1Cl. The molecule has 0 aliphatic heterocycles. The maximum Gasteiger partial charge on any atom is 0.269 e. The van der Waals surface area contributed by atoms with Gasteiger partial charge >= 0.3 is 0 Å². The predicted octanol–water partition coefficient (Wildman–Crippen LogP) is 3.65. The Morgan fingerprint density at radius 1 is 1.23 bits per heavy atom. The Morgan fingerprint density at radius 2 is 2.04 bits per heavy atom. The summed E-state index contributed by atoms with van der Waals surface area (Å²) in [6.45, 7) is 0. The fourth-order valence-corrected chi connectivity index (χ4v) is 5.18. The zero-order valence-corrected chi connectivity index (χ0v) is 15.8. The molecule has 0 fully saturated rings. The molecule has 2 aromatic heterocycles. The molecule has 2 heterocycles. The van der Waals surface area contributed by atoms with Crippen molar-refractivity contribution in [3.63, 3.8) is 0 Å². The highest BCUT2D eigenvalue weighted by molar-refractivity contribution is 7.90. The first-order valence-electron chi connectivity index (χ1n) is 8.36. The molecular formula is C19H18ClN3O2S. The Kier molecular flexibility index (Phi) is 4.34. The van der Waals surface area contributed by atoms with Crippen molar-refractivity contribution in [2.45, 2.75) is 23.8 Å². The standard InChI is InChI=1S/C19H18ClN3O2S/c1-21-18-9-8-14-16(18)12-23(19(14)15-6-2-3-7-17(15)20)26(24,25)13-5-4-10-22-11-13/h2-7,10-12,18,21H,8-9H2,1H3. The van der Waals surface area contributed by atoms with E-state index in [0.717, 1.165) is 29.5 Å². The summed E-state index contributed by atoms with van der Waals surface area (Å²) in [6.07, 6.45) is 6.39. The molecule has 1 aliphatic rings. The van der Waals surface area contributed by atoms with Crippen LogP contribution in [0.25, 0.3) is 11.3 Å². The van der Waals surface area contributed by atoms with Crippen LogP contribution in [0.2, 0.25) is 5.02 Å². The normalized spacial score (nSPS) is 16.6. The quantitative estimate of drug-likeness (QED) is 0.742. The molecule has 26 heavy (non-hydrogen) atoms. The highest BCUT2D eigenvalue weighted by Gasteiger charge is 2.32. The minimum Gasteiger partial charge on any atom is -0.313 e. The van der Waals surface area contributed by atoms with Crippen LogP contribution in [0.4, 0.5) is 0 Å². The molecule has 0 bridgehead atoms. The van der Waals surface area contributed by atoms with Crippen molar-refractivity contribution in [3.05, 3.63) is 71.1 Å². The van der Waals surface area contributed by atoms with Crippen molar-refractivity contribution in [1.82, 2.24) is 14.3 Å². The van der Waals surface area contributed by atoms with Crippen LogP contribution < -0.4 is 5.32 Å². The van der Waals surface area contributed by atoms with Crippen molar-refractivity contribution >= 4 is 21.6 Å². The van der Waals surface area contributed by atoms with E-state index in [1.807, 2.05) is 25.2 Å². The number of benzene rings is 1. The highest BCUT2D eigenvalue weighted by Crippen LogP contribution is 2.42. The second-order valence-corrected chi connectivity index (χ2v) is 8.48. The van der Waals surface area contributed by atoms with Gasteiger partial charge in [0.1, 0.15) is 4.90 Å². The molecule has 1 atom stereocenters. The summed E-state index contributed by atoms with van der Waals surface area (Å²) >= 11 is 6.42. The third-order valence-electron chi connectivity index (χ3n) is 4.84. The van der Waals surface area contributed by atoms with Crippen molar-refractivity contribution in [2.24, 2.45) is 0 Å². The van der Waals surface area contributed by atoms with Gasteiger partial charge in [0.25, 0.3) is 10.0 Å². The Labute approximate surface area is 157 Å². The van der Waals surface area contributed by atoms with Crippen LogP contribution in [0, 0.1) is 0 Å². The first-order valence-corrected chi connectivity index (χ1v) is 10.2. The summed E-state index contributed by atoms with van der Waals surface area (Å²) in [4.78, 5) is 4.12. The molecule has 7 heteroatoms. The summed E-state index contributed by atoms with van der Waals surface area (Å²) in [5, 5.41) is 3.80. The van der Waals surface area contributed by atoms with Gasteiger partial charge in [-0.25, -0.2) is 12.4 Å². The Balaban J connectivity index is 2.01. The topological polar surface area (TPSA) is 64.0 Å². The van der Waals surface area contributed by atoms with E-state index in [4.69, 9.17) is 11.6 Å². The van der Waals surface area contributed by atoms with Gasteiger partial charge < -0.3 is 5.32 Å². The van der Waals surface area contributed by atoms with Crippen LogP contribution in [0.1, 0.15) is 23.6 Å². The number of nitrogens with zero attached hydrogens (tertiary/aromatic N) is 2. The Bertz CT molecular complexity index is 1060. The lowest BCUT2D eigenvalue weighted by Gasteiger charge is -2.14. The van der Waals surface area contributed by atoms with E-state index < -0.39 is 10.0 Å². The van der Waals surface area contributed by atoms with E-state index in [0.29, 0.717) is 10.7 Å². The number of hydrogen-bond donors (Lipinski definition) is 1. The molecule has 5 nitrogen and oxygen atoms in total. The predicted molar refractivity (Wildman–Crippen MR) is 102 cm³/mol. The minimum atomic E-state index is -3.78. The minimum absolute atomic E-state index is 0.136. The van der Waals surface area contributed by atoms with Crippen molar-refractivity contribution in [1.29, 1.82) is 0 Å². The monoisotopic (exact) mass is 387 g/mol. The van der Waals surface area contributed by atoms with E-state index in [1.165, 1.54) is 10.2 Å². The first-order chi connectivity index (χ1) is 12.5. The van der Waals surface area contributed by atoms with E-state index in [2.05, 4.69) is 10.3 Å². The van der Waals surface area contributed by atoms with E-state index >= 15 is 0 Å². The molecule has 3 aromatic rings. The highest BCUT2D eigenvalue weighted by atomic mass is 35.5. The maximum absolute atomic E-state index is 13.3. The number of hydrogen-bond acceptors (Lipinski definition) is 4. The van der Waals surface area contributed by atoms with Crippen molar-refractivity contribution < 1.29 is 8.42 Å². The summed E-state index contributed by atoms with van der Waals surface area (Å²) < 4.78 is 28.0. The van der Waals surface area contributed by atoms with E-state index in [9.17, 15) is 8.42 Å². The lowest BCUT2D eigenvalue weighted by Crippen LogP contribution is -2.16. The van der Waals surface area contributed by atoms with Gasteiger partial charge in [-0.15, -0.1) is 0 Å². The first kappa shape index (κ1) is 17.3. The second kappa shape index (κ2) is 6.54. The molecule has 0 spiro atoms. The van der Waals surface area contributed by atoms with Gasteiger partial charge in [0.2, 0.25) is 0 Å². The van der Waals surface area contributed by atoms with Gasteiger partial charge in [0.05, 0.1) is 5.69 Å². The zero-order valence-electron chi connectivity index (χ0n) is 14.2. The summed E-state index contributed by atoms with van der Waals surface area (Å²) in [6, 6.07) is 10.7. The fourth-order valence-electron chi connectivity index (χ4n) is 3.58. The van der Waals surface area contributed by atoms with E-state index in [-0.39, 0.29) is 10.9 Å². The molecule has 4 rings (SSSR count). The number of pyridine rings is 1. The van der Waals surface area contributed by atoms with Gasteiger partial charge in [0.15, 0.2) is 0 Å². The van der Waals surface area contributed by atoms with Crippen LogP contribution in [0.3, 0.4) is 0 Å². The lowest BCUT2D eigenvalue weighted by molar-refractivity contribution is 0.579. The summed E-state index contributed by atoms with van der Waals surface area (Å²) in [7, 11) is -1.89. The van der Waals surface area contributed by atoms with Crippen LogP contribution in [-0.2, 0) is 16.4 Å². The number of halogens is 1. The molecule has 0 radical (unpaired) electrons. The van der Waals surface area contributed by atoms with Gasteiger partial charge in [0, 0.05) is 35.2 Å². The molecule has 1 aromatic carbocycles. The smallest absolute Gasteiger partial charge is 0.269 e. The van der Waals surface area contributed by atoms with E-state index in [1.54, 1.807) is 30.6 Å². The third kappa shape index (κ3) is 2.65. The van der Waals surface area contributed by atoms with Crippen LogP contribution >= 0.6 is 11.6 Å².